The molecule has 0 atom stereocenters. The number of phenolic OH excluding ortho intramolecular Hbond substituents is 1. The highest BCUT2D eigenvalue weighted by molar-refractivity contribution is 6.55. The van der Waals surface area contributed by atoms with Crippen molar-refractivity contribution in [2.24, 2.45) is 5.10 Å². The summed E-state index contributed by atoms with van der Waals surface area (Å²) >= 11 is 0. The molecule has 3 N–H and O–H groups in total. The lowest BCUT2D eigenvalue weighted by molar-refractivity contribution is -0.137. The highest BCUT2D eigenvalue weighted by Gasteiger charge is 2.39. The fourth-order valence-corrected chi connectivity index (χ4v) is 4.61. The molecule has 1 aliphatic rings. The number of halogens is 3. The summed E-state index contributed by atoms with van der Waals surface area (Å²) in [5, 5.41) is 24.1. The maximum Gasteiger partial charge on any atom is 0.511 e. The Morgan fingerprint density at radius 3 is 2.33 bits per heavy atom. The standard InChI is InChI=1S/C31H24F3N3O5/c1-17(2)18-9-12-21(13-10-18)37-26-16-20(31(32,33)34)11-14-24(26)27(29(37)39)36-35-25-8-4-7-23(28(25)38)19-5-3-6-22(15-19)42-30(40)41/h3-17,35,38H,1-2H3,(H,40,41). The zero-order valence-electron chi connectivity index (χ0n) is 22.3. The molecule has 0 bridgehead atoms. The average Bonchev–Trinajstić information content (AvgIpc) is 3.22. The van der Waals surface area contributed by atoms with Gasteiger partial charge in [0.2, 0.25) is 0 Å². The first-order chi connectivity index (χ1) is 19.9. The van der Waals surface area contributed by atoms with Gasteiger partial charge in [0.05, 0.1) is 16.9 Å². The van der Waals surface area contributed by atoms with Crippen molar-refractivity contribution in [3.8, 4) is 22.6 Å². The number of anilines is 3. The summed E-state index contributed by atoms with van der Waals surface area (Å²) in [4.78, 5) is 25.7. The number of hydrogen-bond donors (Lipinski definition) is 3. The first-order valence-electron chi connectivity index (χ1n) is 12.8. The minimum atomic E-state index is -4.62. The van der Waals surface area contributed by atoms with Crippen molar-refractivity contribution in [1.29, 1.82) is 0 Å². The highest BCUT2D eigenvalue weighted by atomic mass is 19.4. The first kappa shape index (κ1) is 28.2. The number of ether oxygens (including phenoxy) is 1. The molecule has 1 heterocycles. The normalized spacial score (nSPS) is 13.9. The molecule has 0 radical (unpaired) electrons. The van der Waals surface area contributed by atoms with E-state index in [0.717, 1.165) is 17.7 Å². The van der Waals surface area contributed by atoms with Crippen LogP contribution in [0.25, 0.3) is 11.1 Å². The van der Waals surface area contributed by atoms with E-state index in [1.165, 1.54) is 29.2 Å². The van der Waals surface area contributed by atoms with E-state index < -0.39 is 23.8 Å². The number of rotatable bonds is 6. The third-order valence-electron chi connectivity index (χ3n) is 6.72. The van der Waals surface area contributed by atoms with Gasteiger partial charge in [-0.15, -0.1) is 0 Å². The number of carbonyl (C=O) groups is 2. The van der Waals surface area contributed by atoms with Gasteiger partial charge in [0.1, 0.15) is 11.5 Å². The van der Waals surface area contributed by atoms with Crippen molar-refractivity contribution < 1.29 is 37.7 Å². The maximum atomic E-state index is 13.6. The van der Waals surface area contributed by atoms with E-state index in [4.69, 9.17) is 5.11 Å². The Kier molecular flexibility index (Phi) is 7.34. The average molecular weight is 576 g/mol. The van der Waals surface area contributed by atoms with Crippen LogP contribution < -0.4 is 15.1 Å². The Balaban J connectivity index is 1.53. The van der Waals surface area contributed by atoms with E-state index >= 15 is 0 Å². The molecule has 4 aromatic carbocycles. The minimum Gasteiger partial charge on any atom is -0.505 e. The van der Waals surface area contributed by atoms with Gasteiger partial charge >= 0.3 is 12.3 Å². The number of nitrogens with one attached hydrogen (secondary N) is 1. The second-order valence-corrected chi connectivity index (χ2v) is 9.79. The summed E-state index contributed by atoms with van der Waals surface area (Å²) in [6.45, 7) is 4.00. The van der Waals surface area contributed by atoms with Gasteiger partial charge < -0.3 is 14.9 Å². The van der Waals surface area contributed by atoms with E-state index in [2.05, 4.69) is 15.3 Å². The first-order valence-corrected chi connectivity index (χ1v) is 12.8. The number of amides is 1. The summed E-state index contributed by atoms with van der Waals surface area (Å²) in [6.07, 6.45) is -6.11. The zero-order valence-corrected chi connectivity index (χ0v) is 22.3. The molecular weight excluding hydrogens is 551 g/mol. The number of aromatic hydroxyl groups is 1. The quantitative estimate of drug-likeness (QED) is 0.0938. The number of hydrogen-bond acceptors (Lipinski definition) is 6. The van der Waals surface area contributed by atoms with Crippen LogP contribution in [0.3, 0.4) is 0 Å². The van der Waals surface area contributed by atoms with Gasteiger partial charge in [-0.05, 0) is 65.6 Å². The molecule has 42 heavy (non-hydrogen) atoms. The topological polar surface area (TPSA) is 111 Å². The molecule has 0 saturated carbocycles. The van der Waals surface area contributed by atoms with E-state index in [1.807, 2.05) is 26.0 Å². The molecule has 0 saturated heterocycles. The van der Waals surface area contributed by atoms with Crippen molar-refractivity contribution in [2.75, 3.05) is 10.3 Å². The Morgan fingerprint density at radius 1 is 0.952 bits per heavy atom. The number of phenols is 1. The van der Waals surface area contributed by atoms with E-state index in [9.17, 15) is 27.9 Å². The number of carboxylic acid groups (broad SMARTS) is 1. The Labute approximate surface area is 238 Å². The molecule has 0 fully saturated rings. The van der Waals surface area contributed by atoms with Gasteiger partial charge in [-0.3, -0.25) is 15.1 Å². The second kappa shape index (κ2) is 10.9. The number of nitrogens with zero attached hydrogens (tertiary/aromatic N) is 2. The van der Waals surface area contributed by atoms with E-state index in [1.54, 1.807) is 36.4 Å². The van der Waals surface area contributed by atoms with Crippen molar-refractivity contribution >= 4 is 34.8 Å². The van der Waals surface area contributed by atoms with Crippen molar-refractivity contribution in [3.63, 3.8) is 0 Å². The molecule has 1 amide bonds. The summed E-state index contributed by atoms with van der Waals surface area (Å²) in [5.74, 6) is -0.642. The number of alkyl halides is 3. The third kappa shape index (κ3) is 5.49. The van der Waals surface area contributed by atoms with Crippen molar-refractivity contribution in [2.45, 2.75) is 25.9 Å². The Hall–Kier alpha value is -5.32. The summed E-state index contributed by atoms with van der Waals surface area (Å²) in [7, 11) is 0. The van der Waals surface area contributed by atoms with Gasteiger partial charge in [-0.25, -0.2) is 4.79 Å². The molecule has 214 valence electrons. The van der Waals surface area contributed by atoms with Crippen LogP contribution in [-0.2, 0) is 11.0 Å². The molecule has 0 aliphatic carbocycles. The SMILES string of the molecule is CC(C)c1ccc(N2C(=O)C(=NNc3cccc(-c4cccc(OC(=O)O)c4)c3O)c3ccc(C(F)(F)F)cc32)cc1. The van der Waals surface area contributed by atoms with Crippen LogP contribution in [0.5, 0.6) is 11.5 Å². The summed E-state index contributed by atoms with van der Waals surface area (Å²) < 4.78 is 45.5. The monoisotopic (exact) mass is 575 g/mol. The van der Waals surface area contributed by atoms with Gasteiger partial charge in [-0.1, -0.05) is 50.2 Å². The van der Waals surface area contributed by atoms with Crippen molar-refractivity contribution in [3.05, 3.63) is 102 Å². The van der Waals surface area contributed by atoms with Gasteiger partial charge in [0, 0.05) is 16.8 Å². The van der Waals surface area contributed by atoms with Gasteiger partial charge in [-0.2, -0.15) is 18.3 Å². The molecular formula is C31H24F3N3O5. The van der Waals surface area contributed by atoms with Crippen LogP contribution in [0.2, 0.25) is 0 Å². The number of benzene rings is 4. The van der Waals surface area contributed by atoms with Gasteiger partial charge in [0.25, 0.3) is 5.91 Å². The molecule has 0 unspecified atom stereocenters. The molecule has 8 nitrogen and oxygen atoms in total. The third-order valence-corrected chi connectivity index (χ3v) is 6.72. The molecule has 0 aromatic heterocycles. The molecule has 0 spiro atoms. The predicted molar refractivity (Wildman–Crippen MR) is 151 cm³/mol. The summed E-state index contributed by atoms with van der Waals surface area (Å²) in [5.41, 5.74) is 4.06. The van der Waals surface area contributed by atoms with Crippen LogP contribution >= 0.6 is 0 Å². The lowest BCUT2D eigenvalue weighted by atomic mass is 10.0. The lowest BCUT2D eigenvalue weighted by Gasteiger charge is -2.19. The lowest BCUT2D eigenvalue weighted by Crippen LogP contribution is -2.26. The van der Waals surface area contributed by atoms with Crippen LogP contribution in [0, 0.1) is 0 Å². The summed E-state index contributed by atoms with van der Waals surface area (Å²) in [6, 6.07) is 20.7. The molecule has 5 rings (SSSR count). The second-order valence-electron chi connectivity index (χ2n) is 9.79. The molecule has 1 aliphatic heterocycles. The Bertz CT molecular complexity index is 1720. The van der Waals surface area contributed by atoms with E-state index in [-0.39, 0.29) is 40.1 Å². The van der Waals surface area contributed by atoms with Crippen LogP contribution in [-0.4, -0.2) is 28.0 Å². The highest BCUT2D eigenvalue weighted by Crippen LogP contribution is 2.41. The zero-order chi connectivity index (χ0) is 30.2. The largest absolute Gasteiger partial charge is 0.511 e. The minimum absolute atomic E-state index is 0.0286. The number of fused-ring (bicyclic) bond motifs is 1. The smallest absolute Gasteiger partial charge is 0.505 e. The van der Waals surface area contributed by atoms with Crippen LogP contribution in [0.1, 0.15) is 36.5 Å². The molecule has 11 heteroatoms. The van der Waals surface area contributed by atoms with Crippen LogP contribution in [0.15, 0.2) is 90.0 Å². The number of para-hydroxylation sites is 1. The number of carbonyl (C=O) groups excluding carboxylic acids is 1. The van der Waals surface area contributed by atoms with E-state index in [0.29, 0.717) is 16.8 Å². The molecule has 4 aromatic rings. The number of hydrazone groups is 1. The van der Waals surface area contributed by atoms with Crippen molar-refractivity contribution in [1.82, 2.24) is 0 Å². The van der Waals surface area contributed by atoms with Gasteiger partial charge in [0.15, 0.2) is 5.71 Å². The fraction of sp³-hybridized carbons (Fsp3) is 0.129. The predicted octanol–water partition coefficient (Wildman–Crippen LogP) is 7.75. The fourth-order valence-electron chi connectivity index (χ4n) is 4.61. The van der Waals surface area contributed by atoms with Crippen LogP contribution in [0.4, 0.5) is 35.0 Å². The maximum absolute atomic E-state index is 13.6. The Morgan fingerprint density at radius 2 is 1.67 bits per heavy atom.